The van der Waals surface area contributed by atoms with Crippen LogP contribution in [0.5, 0.6) is 0 Å². The van der Waals surface area contributed by atoms with Gasteiger partial charge in [0.2, 0.25) is 5.91 Å². The molecule has 0 fully saturated rings. The molecule has 2 aromatic heterocycles. The Morgan fingerprint density at radius 1 is 1.35 bits per heavy atom. The number of rotatable bonds is 3. The minimum Gasteiger partial charge on any atom is -0.326 e. The summed E-state index contributed by atoms with van der Waals surface area (Å²) >= 11 is 1.72. The summed E-state index contributed by atoms with van der Waals surface area (Å²) < 4.78 is 2.12. The van der Waals surface area contributed by atoms with Crippen molar-refractivity contribution in [3.05, 3.63) is 41.5 Å². The van der Waals surface area contributed by atoms with Crippen molar-refractivity contribution in [1.29, 1.82) is 0 Å². The quantitative estimate of drug-likeness (QED) is 0.799. The van der Waals surface area contributed by atoms with Gasteiger partial charge in [-0.15, -0.1) is 11.3 Å². The van der Waals surface area contributed by atoms with Gasteiger partial charge in [-0.2, -0.15) is 0 Å². The topological polar surface area (TPSA) is 46.4 Å². The van der Waals surface area contributed by atoms with Crippen LogP contribution >= 0.6 is 11.3 Å². The second-order valence-corrected chi connectivity index (χ2v) is 5.63. The number of thiazole rings is 1. The lowest BCUT2D eigenvalue weighted by atomic mass is 10.1. The van der Waals surface area contributed by atoms with Crippen LogP contribution < -0.4 is 5.32 Å². The van der Waals surface area contributed by atoms with Crippen LogP contribution in [0.1, 0.15) is 18.7 Å². The van der Waals surface area contributed by atoms with E-state index in [4.69, 9.17) is 0 Å². The van der Waals surface area contributed by atoms with Crippen LogP contribution in [0.4, 0.5) is 5.69 Å². The van der Waals surface area contributed by atoms with Gasteiger partial charge in [0.15, 0.2) is 4.96 Å². The fourth-order valence-corrected chi connectivity index (χ4v) is 3.32. The Bertz CT molecular complexity index is 755. The Kier molecular flexibility index (Phi) is 3.28. The zero-order chi connectivity index (χ0) is 14.1. The summed E-state index contributed by atoms with van der Waals surface area (Å²) in [5, 5.41) is 2.78. The maximum Gasteiger partial charge on any atom is 0.221 e. The SMILES string of the molecule is CCc1sc2nccn2c1-c1ccc(NC(C)=O)cc1. The standard InChI is InChI=1S/C15H15N3OS/c1-3-13-14(18-9-8-16-15(18)20-13)11-4-6-12(7-5-11)17-10(2)19/h4-9H,3H2,1-2H3,(H,17,19). The Morgan fingerprint density at radius 3 is 2.75 bits per heavy atom. The first-order valence-electron chi connectivity index (χ1n) is 6.51. The van der Waals surface area contributed by atoms with Crippen LogP contribution in [0.2, 0.25) is 0 Å². The number of nitrogens with zero attached hydrogens (tertiary/aromatic N) is 2. The summed E-state index contributed by atoms with van der Waals surface area (Å²) in [6, 6.07) is 7.92. The Morgan fingerprint density at radius 2 is 2.10 bits per heavy atom. The van der Waals surface area contributed by atoms with Gasteiger partial charge < -0.3 is 5.32 Å². The molecule has 0 saturated carbocycles. The number of amides is 1. The predicted octanol–water partition coefficient (Wildman–Crippen LogP) is 3.58. The first-order valence-corrected chi connectivity index (χ1v) is 7.33. The number of aromatic nitrogens is 2. The summed E-state index contributed by atoms with van der Waals surface area (Å²) in [6.45, 7) is 3.66. The lowest BCUT2D eigenvalue weighted by Crippen LogP contribution is -2.05. The lowest BCUT2D eigenvalue weighted by Gasteiger charge is -2.06. The largest absolute Gasteiger partial charge is 0.326 e. The highest BCUT2D eigenvalue weighted by Gasteiger charge is 2.13. The number of fused-ring (bicyclic) bond motifs is 1. The average molecular weight is 285 g/mol. The van der Waals surface area contributed by atoms with Crippen LogP contribution in [0, 0.1) is 0 Å². The van der Waals surface area contributed by atoms with Crippen molar-refractivity contribution in [1.82, 2.24) is 9.38 Å². The number of hydrogen-bond donors (Lipinski definition) is 1. The monoisotopic (exact) mass is 285 g/mol. The fourth-order valence-electron chi connectivity index (χ4n) is 2.28. The number of aryl methyl sites for hydroxylation is 1. The summed E-state index contributed by atoms with van der Waals surface area (Å²) in [4.78, 5) is 17.7. The minimum absolute atomic E-state index is 0.0560. The maximum absolute atomic E-state index is 11.0. The highest BCUT2D eigenvalue weighted by atomic mass is 32.1. The van der Waals surface area contributed by atoms with E-state index in [1.54, 1.807) is 11.3 Å². The van der Waals surface area contributed by atoms with Gasteiger partial charge in [0, 0.05) is 29.9 Å². The van der Waals surface area contributed by atoms with Crippen molar-refractivity contribution in [2.45, 2.75) is 20.3 Å². The number of benzene rings is 1. The number of carbonyl (C=O) groups excluding carboxylic acids is 1. The van der Waals surface area contributed by atoms with E-state index < -0.39 is 0 Å². The zero-order valence-corrected chi connectivity index (χ0v) is 12.2. The predicted molar refractivity (Wildman–Crippen MR) is 82.2 cm³/mol. The molecule has 3 aromatic rings. The minimum atomic E-state index is -0.0560. The van der Waals surface area contributed by atoms with E-state index in [0.29, 0.717) is 0 Å². The first kappa shape index (κ1) is 12.9. The molecule has 0 radical (unpaired) electrons. The molecule has 0 saturated heterocycles. The third-order valence-electron chi connectivity index (χ3n) is 3.13. The van der Waals surface area contributed by atoms with E-state index in [2.05, 4.69) is 21.6 Å². The molecule has 0 unspecified atom stereocenters. The van der Waals surface area contributed by atoms with Gasteiger partial charge in [0.05, 0.1) is 5.69 Å². The van der Waals surface area contributed by atoms with Crippen molar-refractivity contribution in [3.8, 4) is 11.3 Å². The molecule has 2 heterocycles. The molecule has 3 rings (SSSR count). The van der Waals surface area contributed by atoms with Crippen molar-refractivity contribution in [3.63, 3.8) is 0 Å². The van der Waals surface area contributed by atoms with Gasteiger partial charge in [-0.1, -0.05) is 19.1 Å². The van der Waals surface area contributed by atoms with E-state index in [0.717, 1.165) is 22.6 Å². The third-order valence-corrected chi connectivity index (χ3v) is 4.34. The van der Waals surface area contributed by atoms with Crippen molar-refractivity contribution < 1.29 is 4.79 Å². The highest BCUT2D eigenvalue weighted by Crippen LogP contribution is 2.32. The molecule has 0 aliphatic rings. The summed E-state index contributed by atoms with van der Waals surface area (Å²) in [5.74, 6) is -0.0560. The maximum atomic E-state index is 11.0. The van der Waals surface area contributed by atoms with Gasteiger partial charge in [-0.3, -0.25) is 9.20 Å². The number of hydrogen-bond acceptors (Lipinski definition) is 3. The number of anilines is 1. The molecule has 1 amide bonds. The van der Waals surface area contributed by atoms with Crippen LogP contribution in [0.15, 0.2) is 36.7 Å². The summed E-state index contributed by atoms with van der Waals surface area (Å²) in [6.07, 6.45) is 4.79. The molecular formula is C15H15N3OS. The zero-order valence-electron chi connectivity index (χ0n) is 11.4. The second-order valence-electron chi connectivity index (χ2n) is 4.57. The summed E-state index contributed by atoms with van der Waals surface area (Å²) in [5.41, 5.74) is 3.15. The number of imidazole rings is 1. The molecule has 102 valence electrons. The molecule has 20 heavy (non-hydrogen) atoms. The van der Waals surface area contributed by atoms with Crippen LogP contribution in [-0.2, 0) is 11.2 Å². The molecule has 5 heteroatoms. The van der Waals surface area contributed by atoms with Gasteiger partial charge in [0.1, 0.15) is 0 Å². The van der Waals surface area contributed by atoms with Gasteiger partial charge in [0.25, 0.3) is 0 Å². The lowest BCUT2D eigenvalue weighted by molar-refractivity contribution is -0.114. The summed E-state index contributed by atoms with van der Waals surface area (Å²) in [7, 11) is 0. The van der Waals surface area contributed by atoms with E-state index in [1.165, 1.54) is 17.5 Å². The molecular weight excluding hydrogens is 270 g/mol. The van der Waals surface area contributed by atoms with Crippen molar-refractivity contribution >= 4 is 27.9 Å². The van der Waals surface area contributed by atoms with Gasteiger partial charge >= 0.3 is 0 Å². The molecule has 1 N–H and O–H groups in total. The average Bonchev–Trinajstić information content (AvgIpc) is 2.99. The molecule has 1 aromatic carbocycles. The van der Waals surface area contributed by atoms with E-state index in [-0.39, 0.29) is 5.91 Å². The smallest absolute Gasteiger partial charge is 0.221 e. The van der Waals surface area contributed by atoms with Crippen LogP contribution in [-0.4, -0.2) is 15.3 Å². The van der Waals surface area contributed by atoms with Crippen LogP contribution in [0.25, 0.3) is 16.2 Å². The molecule has 4 nitrogen and oxygen atoms in total. The first-order chi connectivity index (χ1) is 9.69. The second kappa shape index (κ2) is 5.09. The van der Waals surface area contributed by atoms with Crippen LogP contribution in [0.3, 0.4) is 0 Å². The van der Waals surface area contributed by atoms with E-state index in [1.807, 2.05) is 36.7 Å². The van der Waals surface area contributed by atoms with Crippen molar-refractivity contribution in [2.75, 3.05) is 5.32 Å². The van der Waals surface area contributed by atoms with E-state index >= 15 is 0 Å². The molecule has 0 bridgehead atoms. The molecule has 0 aliphatic heterocycles. The van der Waals surface area contributed by atoms with Crippen molar-refractivity contribution in [2.24, 2.45) is 0 Å². The Balaban J connectivity index is 2.05. The Labute approximate surface area is 121 Å². The molecule has 0 atom stereocenters. The van der Waals surface area contributed by atoms with E-state index in [9.17, 15) is 4.79 Å². The fraction of sp³-hybridized carbons (Fsp3) is 0.200. The number of carbonyl (C=O) groups is 1. The Hall–Kier alpha value is -2.14. The number of nitrogens with one attached hydrogen (secondary N) is 1. The third kappa shape index (κ3) is 2.20. The normalized spacial score (nSPS) is 10.9. The van der Waals surface area contributed by atoms with Gasteiger partial charge in [-0.05, 0) is 24.1 Å². The van der Waals surface area contributed by atoms with Gasteiger partial charge in [-0.25, -0.2) is 4.98 Å². The highest BCUT2D eigenvalue weighted by molar-refractivity contribution is 7.17. The molecule has 0 spiro atoms. The molecule has 0 aliphatic carbocycles.